The zero-order valence-corrected chi connectivity index (χ0v) is 12.0. The van der Waals surface area contributed by atoms with Crippen molar-refractivity contribution in [3.05, 3.63) is 40.3 Å². The van der Waals surface area contributed by atoms with E-state index in [0.29, 0.717) is 0 Å². The minimum Gasteiger partial charge on any atom is -0.490 e. The molecule has 1 N–H and O–H groups in total. The van der Waals surface area contributed by atoms with Crippen molar-refractivity contribution in [3.8, 4) is 5.75 Å². The first-order valence-electron chi connectivity index (χ1n) is 5.51. The molecule has 0 atom stereocenters. The SMILES string of the molecule is COc1c(Cl)ncnc1Nc1ccc(C(F)(F)F)cc1Cl. The first-order valence-corrected chi connectivity index (χ1v) is 6.26. The molecule has 0 spiro atoms. The summed E-state index contributed by atoms with van der Waals surface area (Å²) in [5.74, 6) is 0.356. The molecule has 1 heterocycles. The summed E-state index contributed by atoms with van der Waals surface area (Å²) in [6.07, 6.45) is -3.27. The quantitative estimate of drug-likeness (QED) is 0.834. The highest BCUT2D eigenvalue weighted by Crippen LogP contribution is 2.36. The van der Waals surface area contributed by atoms with Gasteiger partial charge in [-0.2, -0.15) is 13.2 Å². The van der Waals surface area contributed by atoms with Crippen molar-refractivity contribution in [1.82, 2.24) is 9.97 Å². The van der Waals surface area contributed by atoms with Gasteiger partial charge >= 0.3 is 6.18 Å². The lowest BCUT2D eigenvalue weighted by Gasteiger charge is -2.13. The van der Waals surface area contributed by atoms with E-state index >= 15 is 0 Å². The fraction of sp³-hybridized carbons (Fsp3) is 0.167. The van der Waals surface area contributed by atoms with Crippen molar-refractivity contribution in [2.24, 2.45) is 0 Å². The number of hydrogen-bond acceptors (Lipinski definition) is 4. The summed E-state index contributed by atoms with van der Waals surface area (Å²) in [7, 11) is 1.37. The Morgan fingerprint density at radius 1 is 1.19 bits per heavy atom. The predicted octanol–water partition coefficient (Wildman–Crippen LogP) is 4.55. The molecule has 0 radical (unpaired) electrons. The molecular weight excluding hydrogens is 330 g/mol. The fourth-order valence-electron chi connectivity index (χ4n) is 1.54. The molecule has 1 aromatic carbocycles. The van der Waals surface area contributed by atoms with E-state index in [0.717, 1.165) is 12.1 Å². The lowest BCUT2D eigenvalue weighted by atomic mass is 10.2. The molecule has 0 bridgehead atoms. The van der Waals surface area contributed by atoms with Crippen molar-refractivity contribution < 1.29 is 17.9 Å². The third kappa shape index (κ3) is 3.48. The lowest BCUT2D eigenvalue weighted by Crippen LogP contribution is -2.05. The molecule has 0 fully saturated rings. The van der Waals surface area contributed by atoms with E-state index in [1.54, 1.807) is 0 Å². The molecular formula is C12H8Cl2F3N3O. The van der Waals surface area contributed by atoms with Crippen LogP contribution in [0, 0.1) is 0 Å². The van der Waals surface area contributed by atoms with Crippen LogP contribution < -0.4 is 10.1 Å². The van der Waals surface area contributed by atoms with Gasteiger partial charge in [-0.1, -0.05) is 23.2 Å². The minimum absolute atomic E-state index is 0.0676. The molecule has 0 aliphatic carbocycles. The summed E-state index contributed by atoms with van der Waals surface area (Å²) < 4.78 is 42.7. The second kappa shape index (κ2) is 5.95. The number of aromatic nitrogens is 2. The maximum absolute atomic E-state index is 12.6. The number of nitrogens with one attached hydrogen (secondary N) is 1. The van der Waals surface area contributed by atoms with E-state index in [4.69, 9.17) is 27.9 Å². The van der Waals surface area contributed by atoms with Crippen LogP contribution in [0.25, 0.3) is 0 Å². The average molecular weight is 338 g/mol. The van der Waals surface area contributed by atoms with E-state index in [9.17, 15) is 13.2 Å². The normalized spacial score (nSPS) is 11.3. The Hall–Kier alpha value is -1.73. The number of anilines is 2. The highest BCUT2D eigenvalue weighted by molar-refractivity contribution is 6.33. The molecule has 0 aliphatic rings. The highest BCUT2D eigenvalue weighted by atomic mass is 35.5. The maximum Gasteiger partial charge on any atom is 0.416 e. The monoisotopic (exact) mass is 337 g/mol. The van der Waals surface area contributed by atoms with Gasteiger partial charge in [0.1, 0.15) is 6.33 Å². The summed E-state index contributed by atoms with van der Waals surface area (Å²) in [4.78, 5) is 7.63. The van der Waals surface area contributed by atoms with Crippen molar-refractivity contribution in [1.29, 1.82) is 0 Å². The van der Waals surface area contributed by atoms with Crippen LogP contribution in [0.5, 0.6) is 5.75 Å². The molecule has 0 amide bonds. The summed E-state index contributed by atoms with van der Waals surface area (Å²) in [5.41, 5.74) is -0.608. The third-order valence-electron chi connectivity index (χ3n) is 2.51. The van der Waals surface area contributed by atoms with Gasteiger partial charge < -0.3 is 10.1 Å². The zero-order chi connectivity index (χ0) is 15.6. The van der Waals surface area contributed by atoms with Gasteiger partial charge in [0.15, 0.2) is 16.7 Å². The van der Waals surface area contributed by atoms with Gasteiger partial charge in [-0.3, -0.25) is 0 Å². The van der Waals surface area contributed by atoms with Crippen LogP contribution in [0.4, 0.5) is 24.7 Å². The van der Waals surface area contributed by atoms with Crippen LogP contribution in [0.2, 0.25) is 10.2 Å². The number of nitrogens with zero attached hydrogens (tertiary/aromatic N) is 2. The molecule has 2 rings (SSSR count). The number of hydrogen-bond donors (Lipinski definition) is 1. The fourth-order valence-corrected chi connectivity index (χ4v) is 1.98. The Labute approximate surface area is 127 Å². The van der Waals surface area contributed by atoms with Crippen molar-refractivity contribution >= 4 is 34.7 Å². The molecule has 112 valence electrons. The van der Waals surface area contributed by atoms with Gasteiger partial charge in [0.05, 0.1) is 23.4 Å². The first-order chi connectivity index (χ1) is 9.82. The third-order valence-corrected chi connectivity index (χ3v) is 3.10. The molecule has 1 aromatic heterocycles. The number of ether oxygens (including phenoxy) is 1. The number of rotatable bonds is 3. The van der Waals surface area contributed by atoms with Gasteiger partial charge in [-0.05, 0) is 18.2 Å². The number of methoxy groups -OCH3 is 1. The summed E-state index contributed by atoms with van der Waals surface area (Å²) in [6.45, 7) is 0. The van der Waals surface area contributed by atoms with E-state index in [1.165, 1.54) is 19.5 Å². The van der Waals surface area contributed by atoms with Crippen LogP contribution in [0.15, 0.2) is 24.5 Å². The number of alkyl halides is 3. The molecule has 9 heteroatoms. The van der Waals surface area contributed by atoms with Gasteiger partial charge in [0.2, 0.25) is 0 Å². The Kier molecular flexibility index (Phi) is 4.43. The largest absolute Gasteiger partial charge is 0.490 e. The van der Waals surface area contributed by atoms with Crippen molar-refractivity contribution in [3.63, 3.8) is 0 Å². The van der Waals surface area contributed by atoms with Crippen LogP contribution in [0.1, 0.15) is 5.56 Å². The van der Waals surface area contributed by atoms with E-state index in [2.05, 4.69) is 15.3 Å². The second-order valence-corrected chi connectivity index (χ2v) is 4.63. The molecule has 0 aliphatic heterocycles. The summed E-state index contributed by atoms with van der Waals surface area (Å²) >= 11 is 11.7. The second-order valence-electron chi connectivity index (χ2n) is 3.86. The van der Waals surface area contributed by atoms with Gasteiger partial charge in [0.25, 0.3) is 0 Å². The van der Waals surface area contributed by atoms with Gasteiger partial charge in [-0.25, -0.2) is 9.97 Å². The average Bonchev–Trinajstić information content (AvgIpc) is 2.40. The topological polar surface area (TPSA) is 47.0 Å². The molecule has 0 saturated heterocycles. The van der Waals surface area contributed by atoms with Gasteiger partial charge in [0, 0.05) is 0 Å². The molecule has 0 saturated carbocycles. The maximum atomic E-state index is 12.6. The van der Waals surface area contributed by atoms with Crippen LogP contribution >= 0.6 is 23.2 Å². The highest BCUT2D eigenvalue weighted by Gasteiger charge is 2.31. The Bertz CT molecular complexity index is 665. The van der Waals surface area contributed by atoms with Gasteiger partial charge in [-0.15, -0.1) is 0 Å². The molecule has 0 unspecified atom stereocenters. The standard InChI is InChI=1S/C12H8Cl2F3N3O/c1-21-9-10(14)18-5-19-11(9)20-8-3-2-6(4-7(8)13)12(15,16)17/h2-5H,1H3,(H,18,19,20). The lowest BCUT2D eigenvalue weighted by molar-refractivity contribution is -0.137. The predicted molar refractivity (Wildman–Crippen MR) is 73.3 cm³/mol. The number of benzene rings is 1. The van der Waals surface area contributed by atoms with Crippen LogP contribution in [-0.4, -0.2) is 17.1 Å². The van der Waals surface area contributed by atoms with Crippen LogP contribution in [0.3, 0.4) is 0 Å². The minimum atomic E-state index is -4.46. The summed E-state index contributed by atoms with van der Waals surface area (Å²) in [5, 5.41) is 2.71. The number of halogens is 5. The first kappa shape index (κ1) is 15.7. The Balaban J connectivity index is 2.35. The van der Waals surface area contributed by atoms with Crippen molar-refractivity contribution in [2.45, 2.75) is 6.18 Å². The zero-order valence-electron chi connectivity index (χ0n) is 10.5. The van der Waals surface area contributed by atoms with Crippen molar-refractivity contribution in [2.75, 3.05) is 12.4 Å². The molecule has 4 nitrogen and oxygen atoms in total. The van der Waals surface area contributed by atoms with Crippen LogP contribution in [-0.2, 0) is 6.18 Å². The van der Waals surface area contributed by atoms with E-state index in [-0.39, 0.29) is 27.4 Å². The molecule has 2 aromatic rings. The Morgan fingerprint density at radius 3 is 2.48 bits per heavy atom. The smallest absolute Gasteiger partial charge is 0.416 e. The van der Waals surface area contributed by atoms with E-state index < -0.39 is 11.7 Å². The Morgan fingerprint density at radius 2 is 1.90 bits per heavy atom. The summed E-state index contributed by atoms with van der Waals surface area (Å²) in [6, 6.07) is 2.92. The van der Waals surface area contributed by atoms with E-state index in [1.807, 2.05) is 0 Å². The molecule has 21 heavy (non-hydrogen) atoms.